The third-order valence-electron chi connectivity index (χ3n) is 21.4. The van der Waals surface area contributed by atoms with E-state index in [9.17, 15) is 47.9 Å². The summed E-state index contributed by atoms with van der Waals surface area (Å²) in [5.74, 6) is 5.06. The Labute approximate surface area is 735 Å². The fourth-order valence-corrected chi connectivity index (χ4v) is 15.2. The summed E-state index contributed by atoms with van der Waals surface area (Å²) in [4.78, 5) is 125. The van der Waals surface area contributed by atoms with E-state index < -0.39 is 0 Å². The molecule has 5 aromatic carbocycles. The van der Waals surface area contributed by atoms with Crippen molar-refractivity contribution in [1.29, 1.82) is 0 Å². The zero-order chi connectivity index (χ0) is 91.2. The Kier molecular flexibility index (Phi) is 51.4. The molecule has 123 heavy (non-hydrogen) atoms. The van der Waals surface area contributed by atoms with Gasteiger partial charge in [-0.3, -0.25) is 47.9 Å². The Morgan fingerprint density at radius 2 is 1.02 bits per heavy atom. The molecule has 0 bridgehead atoms. The van der Waals surface area contributed by atoms with Gasteiger partial charge in [0.1, 0.15) is 17.8 Å². The van der Waals surface area contributed by atoms with Crippen LogP contribution in [0.5, 0.6) is 0 Å². The number of allylic oxidation sites excluding steroid dienone is 21. The van der Waals surface area contributed by atoms with Crippen LogP contribution in [0.1, 0.15) is 309 Å². The maximum atomic E-state index is 12.4. The summed E-state index contributed by atoms with van der Waals surface area (Å²) in [6.07, 6.45) is 48.3. The molecule has 13 heteroatoms. The van der Waals surface area contributed by atoms with Crippen LogP contribution in [-0.4, -0.2) is 64.5 Å². The van der Waals surface area contributed by atoms with Crippen molar-refractivity contribution in [3.63, 3.8) is 0 Å². The number of hydrogen-bond donors (Lipinski definition) is 0. The summed E-state index contributed by atoms with van der Waals surface area (Å²) in [6, 6.07) is 46.1. The van der Waals surface area contributed by atoms with E-state index in [-0.39, 0.29) is 52.0 Å². The lowest BCUT2D eigenvalue weighted by molar-refractivity contribution is -0.192. The molecule has 0 unspecified atom stereocenters. The highest BCUT2D eigenvalue weighted by Crippen LogP contribution is 2.36. The van der Waals surface area contributed by atoms with Crippen LogP contribution >= 0.6 is 0 Å². The molecule has 0 saturated heterocycles. The van der Waals surface area contributed by atoms with Crippen LogP contribution in [0.25, 0.3) is 33.6 Å². The Morgan fingerprint density at radius 1 is 0.480 bits per heavy atom. The van der Waals surface area contributed by atoms with Crippen molar-refractivity contribution < 1.29 is 62.0 Å². The molecular weight excluding hydrogens is 1530 g/mol. The summed E-state index contributed by atoms with van der Waals surface area (Å²) < 4.78 is 5.40. The number of aryl methyl sites for hydroxylation is 2. The topological polar surface area (TPSA) is 218 Å². The third kappa shape index (κ3) is 46.6. The van der Waals surface area contributed by atoms with E-state index in [1.807, 2.05) is 177 Å². The molecule has 2 saturated carbocycles. The zero-order valence-electron chi connectivity index (χ0n) is 76.8. The van der Waals surface area contributed by atoms with Crippen molar-refractivity contribution in [2.75, 3.05) is 0 Å². The number of carbonyl (C=O) groups is 10. The van der Waals surface area contributed by atoms with Crippen molar-refractivity contribution in [2.24, 2.45) is 17.3 Å². The molecule has 0 aliphatic heterocycles. The summed E-state index contributed by atoms with van der Waals surface area (Å²) in [5, 5.41) is 2.43. The van der Waals surface area contributed by atoms with Gasteiger partial charge in [-0.25, -0.2) is 0 Å². The zero-order valence-corrected chi connectivity index (χ0v) is 76.8. The molecule has 7 aliphatic rings. The van der Waals surface area contributed by atoms with Crippen molar-refractivity contribution in [1.82, 2.24) is 0 Å². The van der Waals surface area contributed by atoms with Crippen LogP contribution in [-0.2, 0) is 59.2 Å². The van der Waals surface area contributed by atoms with Crippen LogP contribution < -0.4 is 0 Å². The van der Waals surface area contributed by atoms with E-state index in [2.05, 4.69) is 71.0 Å². The molecule has 0 radical (unpaired) electrons. The van der Waals surface area contributed by atoms with E-state index in [1.165, 1.54) is 115 Å². The average molecular weight is 1670 g/mol. The van der Waals surface area contributed by atoms with Gasteiger partial charge < -0.3 is 4.42 Å². The molecule has 7 aliphatic carbocycles. The summed E-state index contributed by atoms with van der Waals surface area (Å²) in [5.41, 5.74) is 18.4. The fourth-order valence-electron chi connectivity index (χ4n) is 15.2. The predicted molar refractivity (Wildman–Crippen MR) is 505 cm³/mol. The molecule has 0 spiro atoms. The molecule has 13 nitrogen and oxygen atoms in total. The van der Waals surface area contributed by atoms with E-state index in [0.717, 1.165) is 156 Å². The third-order valence-corrected chi connectivity index (χ3v) is 21.4. The van der Waals surface area contributed by atoms with Crippen molar-refractivity contribution >= 4 is 98.1 Å². The standard InChI is InChI=1S/C17H14O.C15H14O.C12H18O.C11H18O.C11H12O.C10H10O2.C10H16O.C9H14O.C7H10O.C7H12O.CO2/c18-17-15(12-13-6-2-1-3-7-13)11-10-14-8-4-5-9-16(14)17;1-11(9-12(2)16)14-8-7-13-5-3-4-6-15(13)10-14;13-12-8-4-7-11(9-12)10-5-2-1-3-6-10;2*1-9(8-10(2)12)11-6-4-3-5-7-11;1-7-2-5-10(12-7)8-3-4-9(11)6-8;1-9(2)5-4-6-10(3)7-8-11;1-7-4-8(10)6-9(2,3)5-7;1-6-3-2-4-7(8)5-6;1-4-6(2)5-7(3)8;2-1-3/h1-9,12H,10-11H2;3-10H,1-2H3;9-10H,1-8H2;8,11H,3-7H2,1-2H3;3-8H,1-2H3;2,5-6H,3-4H2,1H3;5,7-8H,4,6H2,1-3H3;4H,5-6H2,1-3H3;5H,2-4H2,1H3;5H,4H2,1-3H3;/b;;;;;;10-7-;;;;. The number of rotatable bonds is 15. The van der Waals surface area contributed by atoms with Gasteiger partial charge in [-0.2, -0.15) is 9.59 Å². The number of furan rings is 1. The molecule has 0 N–H and O–H groups in total. The van der Waals surface area contributed by atoms with Gasteiger partial charge in [-0.15, -0.1) is 0 Å². The monoisotopic (exact) mass is 1670 g/mol. The van der Waals surface area contributed by atoms with Crippen LogP contribution in [0.2, 0.25) is 0 Å². The molecule has 1 aromatic heterocycles. The number of carbonyl (C=O) groups excluding carboxylic acids is 12. The number of benzene rings is 5. The minimum atomic E-state index is 0.0886. The van der Waals surface area contributed by atoms with Crippen molar-refractivity contribution in [3.05, 3.63) is 284 Å². The number of aldehydes is 1. The Hall–Kier alpha value is -11.1. The number of ketones is 9. The van der Waals surface area contributed by atoms with Gasteiger partial charge in [-0.05, 0) is 339 Å². The van der Waals surface area contributed by atoms with Crippen LogP contribution in [0.4, 0.5) is 0 Å². The molecular formula is C110H138O13. The summed E-state index contributed by atoms with van der Waals surface area (Å²) in [7, 11) is 0. The van der Waals surface area contributed by atoms with Gasteiger partial charge >= 0.3 is 6.15 Å². The van der Waals surface area contributed by atoms with E-state index in [4.69, 9.17) is 14.0 Å². The average Bonchev–Trinajstić information content (AvgIpc) is 1.77. The first-order valence-corrected chi connectivity index (χ1v) is 43.9. The Morgan fingerprint density at radius 3 is 1.52 bits per heavy atom. The normalized spacial score (nSPS) is 16.6. The summed E-state index contributed by atoms with van der Waals surface area (Å²) in [6.45, 7) is 32.7. The van der Waals surface area contributed by atoms with Crippen LogP contribution in [0.3, 0.4) is 0 Å². The van der Waals surface area contributed by atoms with Crippen molar-refractivity contribution in [2.45, 2.75) is 278 Å². The van der Waals surface area contributed by atoms with Gasteiger partial charge in [0.05, 0.1) is 0 Å². The fraction of sp³-hybridized carbons (Fsp3) is 0.409. The quantitative estimate of drug-likeness (QED) is 0.0531. The minimum Gasteiger partial charge on any atom is -0.462 e. The van der Waals surface area contributed by atoms with Gasteiger partial charge in [-0.1, -0.05) is 226 Å². The van der Waals surface area contributed by atoms with E-state index in [0.29, 0.717) is 30.3 Å². The van der Waals surface area contributed by atoms with Gasteiger partial charge in [0.2, 0.25) is 0 Å². The second-order valence-corrected chi connectivity index (χ2v) is 33.9. The predicted octanol–water partition coefficient (Wildman–Crippen LogP) is 27.3. The Balaban J connectivity index is 0.000000355. The second-order valence-electron chi connectivity index (χ2n) is 33.9. The smallest absolute Gasteiger partial charge is 0.373 e. The van der Waals surface area contributed by atoms with E-state index >= 15 is 0 Å². The molecule has 2 fully saturated rings. The van der Waals surface area contributed by atoms with Gasteiger partial charge in [0, 0.05) is 36.8 Å². The maximum Gasteiger partial charge on any atom is 0.373 e. The lowest BCUT2D eigenvalue weighted by atomic mass is 9.77. The Bertz CT molecular complexity index is 4830. The molecule has 0 amide bonds. The molecule has 6 aromatic rings. The maximum absolute atomic E-state index is 12.4. The summed E-state index contributed by atoms with van der Waals surface area (Å²) >= 11 is 0. The van der Waals surface area contributed by atoms with Crippen molar-refractivity contribution in [3.8, 4) is 0 Å². The highest BCUT2D eigenvalue weighted by Gasteiger charge is 2.26. The first-order chi connectivity index (χ1) is 58.5. The largest absolute Gasteiger partial charge is 0.462 e. The SMILES string of the molecule is CC(=O)C=C(C)C1CCCCC1.CC(=O)C=C(C)c1ccc2ccccc2c1.CC(=O)C=C(C)c1ccccc1.CC(C)=CCC/C(C)=C\C=O.CC1=CC(=O)CC(C)(C)C1.CC1=CC(=O)CCC1.CCC(C)=CC(C)=O.Cc1ccc(C2=CC(=O)CC2)o1.O=C1C(=Cc2ccccc2)CCc2ccccc21.O=C1C=C(C2CCCCC2)CCC1.O=C=O. The number of fused-ring (bicyclic) bond motifs is 2. The highest BCUT2D eigenvalue weighted by molar-refractivity contribution is 6.13. The number of Topliss-reactive ketones (excluding diaryl/α,β-unsaturated/α-hetero) is 1. The lowest BCUT2D eigenvalue weighted by Gasteiger charge is -2.27. The first-order valence-electron chi connectivity index (χ1n) is 43.9. The van der Waals surface area contributed by atoms with E-state index in [1.54, 1.807) is 76.3 Å². The molecule has 13 rings (SSSR count). The highest BCUT2D eigenvalue weighted by atomic mass is 16.3. The van der Waals surface area contributed by atoms with Crippen LogP contribution in [0.15, 0.2) is 249 Å². The lowest BCUT2D eigenvalue weighted by Crippen LogP contribution is -2.20. The molecule has 0 atom stereocenters. The number of hydrogen-bond acceptors (Lipinski definition) is 13. The second kappa shape index (κ2) is 59.6. The molecule has 656 valence electrons. The molecule has 1 heterocycles. The first kappa shape index (κ1) is 106. The minimum absolute atomic E-state index is 0.0886. The van der Waals surface area contributed by atoms with Crippen LogP contribution in [0, 0.1) is 24.2 Å². The van der Waals surface area contributed by atoms with Gasteiger partial charge in [0.15, 0.2) is 52.0 Å². The van der Waals surface area contributed by atoms with Gasteiger partial charge in [0.25, 0.3) is 0 Å².